The minimum absolute atomic E-state index is 1.01. The molecule has 0 spiro atoms. The van der Waals surface area contributed by atoms with Crippen LogP contribution in [-0.2, 0) is 6.42 Å². The molecule has 0 saturated heterocycles. The SMILES string of the molecule is C1=Cc2cc3c(c(-c4cccc(N(c5ccc(-c6ccccc6)cc5)c5ccc6c(ccc7ccccc76)c5)c4)c2CC1)c1ccccc1n3-c1ccccc1. The summed E-state index contributed by atoms with van der Waals surface area (Å²) in [5.41, 5.74) is 14.7. The standard InChI is InChI=1S/C54H38N2/c1-3-14-37(15-4-1)38-28-30-44(31-29-38)55(46-32-33-48-41(34-46)27-26-39-16-7-9-22-47(39)48)45-21-13-18-42(35-45)53-49-23-10-8-17-40(49)36-52-54(53)50-24-11-12-25-51(50)56(52)43-19-5-2-6-20-43/h1-9,11-22,24-36H,10,23H2. The van der Waals surface area contributed by atoms with Gasteiger partial charge in [0, 0.05) is 33.5 Å². The van der Waals surface area contributed by atoms with Crippen LogP contribution < -0.4 is 4.90 Å². The van der Waals surface area contributed by atoms with Crippen molar-refractivity contribution in [1.82, 2.24) is 4.57 Å². The van der Waals surface area contributed by atoms with Gasteiger partial charge in [-0.25, -0.2) is 0 Å². The van der Waals surface area contributed by atoms with Gasteiger partial charge in [-0.15, -0.1) is 0 Å². The number of benzene rings is 9. The molecule has 0 atom stereocenters. The Morgan fingerprint density at radius 2 is 1.09 bits per heavy atom. The molecule has 0 unspecified atom stereocenters. The Labute approximate surface area is 326 Å². The van der Waals surface area contributed by atoms with Crippen molar-refractivity contribution in [1.29, 1.82) is 0 Å². The fourth-order valence-corrected chi connectivity index (χ4v) is 9.04. The van der Waals surface area contributed by atoms with Gasteiger partial charge in [-0.05, 0) is 128 Å². The lowest BCUT2D eigenvalue weighted by Crippen LogP contribution is -2.10. The van der Waals surface area contributed by atoms with Gasteiger partial charge in [0.2, 0.25) is 0 Å². The molecule has 1 aliphatic carbocycles. The molecular formula is C54H38N2. The lowest BCUT2D eigenvalue weighted by Gasteiger charge is -2.27. The second-order valence-corrected chi connectivity index (χ2v) is 14.8. The highest BCUT2D eigenvalue weighted by atomic mass is 15.1. The summed E-state index contributed by atoms with van der Waals surface area (Å²) < 4.78 is 2.44. The van der Waals surface area contributed by atoms with E-state index in [0.717, 1.165) is 29.9 Å². The Kier molecular flexibility index (Phi) is 7.67. The Bertz CT molecular complexity index is 3120. The molecule has 264 valence electrons. The van der Waals surface area contributed by atoms with Crippen molar-refractivity contribution in [3.05, 3.63) is 211 Å². The summed E-state index contributed by atoms with van der Waals surface area (Å²) in [4.78, 5) is 2.42. The van der Waals surface area contributed by atoms with Gasteiger partial charge in [0.15, 0.2) is 0 Å². The van der Waals surface area contributed by atoms with Crippen LogP contribution in [0.2, 0.25) is 0 Å². The number of hydrogen-bond acceptors (Lipinski definition) is 1. The van der Waals surface area contributed by atoms with E-state index >= 15 is 0 Å². The van der Waals surface area contributed by atoms with Crippen LogP contribution in [0.3, 0.4) is 0 Å². The van der Waals surface area contributed by atoms with Crippen molar-refractivity contribution in [2.24, 2.45) is 0 Å². The van der Waals surface area contributed by atoms with Gasteiger partial charge in [0.05, 0.1) is 11.0 Å². The van der Waals surface area contributed by atoms with E-state index in [0.29, 0.717) is 0 Å². The molecule has 56 heavy (non-hydrogen) atoms. The van der Waals surface area contributed by atoms with Crippen LogP contribution in [-0.4, -0.2) is 4.57 Å². The molecule has 0 fully saturated rings. The summed E-state index contributed by atoms with van der Waals surface area (Å²) in [6.45, 7) is 0. The molecule has 1 aliphatic rings. The van der Waals surface area contributed by atoms with Crippen molar-refractivity contribution in [3.8, 4) is 27.9 Å². The van der Waals surface area contributed by atoms with E-state index in [2.05, 4.69) is 216 Å². The van der Waals surface area contributed by atoms with Crippen molar-refractivity contribution < 1.29 is 0 Å². The average molecular weight is 715 g/mol. The van der Waals surface area contributed by atoms with Crippen LogP contribution in [0.25, 0.3) is 77.4 Å². The van der Waals surface area contributed by atoms with E-state index in [1.165, 1.54) is 82.4 Å². The van der Waals surface area contributed by atoms with Crippen molar-refractivity contribution in [2.45, 2.75) is 12.8 Å². The Balaban J connectivity index is 1.14. The number of fused-ring (bicyclic) bond motifs is 7. The zero-order valence-electron chi connectivity index (χ0n) is 30.9. The lowest BCUT2D eigenvalue weighted by molar-refractivity contribution is 0.990. The summed E-state index contributed by atoms with van der Waals surface area (Å²) in [7, 11) is 0. The molecule has 0 N–H and O–H groups in total. The van der Waals surface area contributed by atoms with Gasteiger partial charge in [0.25, 0.3) is 0 Å². The summed E-state index contributed by atoms with van der Waals surface area (Å²) in [5.74, 6) is 0. The van der Waals surface area contributed by atoms with Crippen LogP contribution in [0.15, 0.2) is 200 Å². The normalized spacial score (nSPS) is 12.4. The highest BCUT2D eigenvalue weighted by Crippen LogP contribution is 2.46. The fourth-order valence-electron chi connectivity index (χ4n) is 9.04. The monoisotopic (exact) mass is 714 g/mol. The highest BCUT2D eigenvalue weighted by Gasteiger charge is 2.23. The first-order valence-electron chi connectivity index (χ1n) is 19.6. The molecule has 0 bridgehead atoms. The summed E-state index contributed by atoms with van der Waals surface area (Å²) in [6.07, 6.45) is 6.70. The Hall–Kier alpha value is -7.16. The van der Waals surface area contributed by atoms with Gasteiger partial charge >= 0.3 is 0 Å². The second kappa shape index (κ2) is 13.3. The van der Waals surface area contributed by atoms with Gasteiger partial charge in [-0.2, -0.15) is 0 Å². The van der Waals surface area contributed by atoms with E-state index in [1.54, 1.807) is 0 Å². The molecule has 0 radical (unpaired) electrons. The molecule has 10 aromatic rings. The van der Waals surface area contributed by atoms with Crippen LogP contribution in [0.1, 0.15) is 17.5 Å². The van der Waals surface area contributed by atoms with Gasteiger partial charge in [0.1, 0.15) is 0 Å². The predicted octanol–water partition coefficient (Wildman–Crippen LogP) is 14.9. The number of nitrogens with zero attached hydrogens (tertiary/aromatic N) is 2. The molecule has 11 rings (SSSR count). The second-order valence-electron chi connectivity index (χ2n) is 14.8. The maximum atomic E-state index is 2.44. The molecule has 9 aromatic carbocycles. The van der Waals surface area contributed by atoms with Gasteiger partial charge in [-0.1, -0.05) is 146 Å². The van der Waals surface area contributed by atoms with E-state index in [1.807, 2.05) is 0 Å². The molecular weight excluding hydrogens is 677 g/mol. The maximum Gasteiger partial charge on any atom is 0.0553 e. The first-order valence-corrected chi connectivity index (χ1v) is 19.6. The van der Waals surface area contributed by atoms with Gasteiger partial charge < -0.3 is 9.47 Å². The largest absolute Gasteiger partial charge is 0.310 e. The molecule has 0 saturated carbocycles. The third kappa shape index (κ3) is 5.33. The van der Waals surface area contributed by atoms with E-state index < -0.39 is 0 Å². The zero-order valence-corrected chi connectivity index (χ0v) is 30.9. The first-order chi connectivity index (χ1) is 27.8. The minimum atomic E-state index is 1.01. The number of para-hydroxylation sites is 2. The predicted molar refractivity (Wildman–Crippen MR) is 239 cm³/mol. The third-order valence-corrected chi connectivity index (χ3v) is 11.6. The highest BCUT2D eigenvalue weighted by molar-refractivity contribution is 6.17. The summed E-state index contributed by atoms with van der Waals surface area (Å²) in [5, 5.41) is 7.61. The molecule has 1 heterocycles. The Morgan fingerprint density at radius 1 is 0.429 bits per heavy atom. The summed E-state index contributed by atoms with van der Waals surface area (Å²) in [6, 6.07) is 71.1. The van der Waals surface area contributed by atoms with Gasteiger partial charge in [-0.3, -0.25) is 0 Å². The van der Waals surface area contributed by atoms with E-state index in [9.17, 15) is 0 Å². The average Bonchev–Trinajstić information content (AvgIpc) is 3.60. The third-order valence-electron chi connectivity index (χ3n) is 11.6. The van der Waals surface area contributed by atoms with Crippen LogP contribution in [0.4, 0.5) is 17.1 Å². The molecule has 1 aromatic heterocycles. The van der Waals surface area contributed by atoms with Crippen LogP contribution in [0.5, 0.6) is 0 Å². The fraction of sp³-hybridized carbons (Fsp3) is 0.0370. The van der Waals surface area contributed by atoms with E-state index in [4.69, 9.17) is 0 Å². The quantitative estimate of drug-likeness (QED) is 0.156. The first kappa shape index (κ1) is 32.3. The maximum absolute atomic E-state index is 2.44. The zero-order chi connectivity index (χ0) is 37.0. The number of hydrogen-bond donors (Lipinski definition) is 0. The number of rotatable bonds is 6. The molecule has 0 aliphatic heterocycles. The number of aromatic nitrogens is 1. The van der Waals surface area contributed by atoms with Crippen molar-refractivity contribution in [3.63, 3.8) is 0 Å². The lowest BCUT2D eigenvalue weighted by atomic mass is 9.86. The summed E-state index contributed by atoms with van der Waals surface area (Å²) >= 11 is 0. The van der Waals surface area contributed by atoms with Crippen LogP contribution in [0, 0.1) is 0 Å². The molecule has 0 amide bonds. The topological polar surface area (TPSA) is 8.17 Å². The molecule has 2 nitrogen and oxygen atoms in total. The Morgan fingerprint density at radius 3 is 1.95 bits per heavy atom. The van der Waals surface area contributed by atoms with Crippen molar-refractivity contribution in [2.75, 3.05) is 4.90 Å². The minimum Gasteiger partial charge on any atom is -0.310 e. The van der Waals surface area contributed by atoms with Crippen LogP contribution >= 0.6 is 0 Å². The van der Waals surface area contributed by atoms with Crippen molar-refractivity contribution >= 4 is 66.5 Å². The van der Waals surface area contributed by atoms with E-state index in [-0.39, 0.29) is 0 Å². The smallest absolute Gasteiger partial charge is 0.0553 e. The molecule has 2 heteroatoms. The number of anilines is 3. The number of allylic oxidation sites excluding steroid dienone is 1.